The topological polar surface area (TPSA) is 79.9 Å². The first-order valence-corrected chi connectivity index (χ1v) is 8.19. The van der Waals surface area contributed by atoms with E-state index in [0.29, 0.717) is 39.4 Å². The third kappa shape index (κ3) is 5.23. The first kappa shape index (κ1) is 17.2. The van der Waals surface area contributed by atoms with Crippen LogP contribution in [-0.4, -0.2) is 74.9 Å². The van der Waals surface area contributed by atoms with Crippen molar-refractivity contribution in [3.05, 3.63) is 0 Å². The number of nitrogens with one attached hydrogen (secondary N) is 2. The molecular weight excluding hydrogens is 286 g/mol. The Balaban J connectivity index is 1.70. The first-order valence-electron chi connectivity index (χ1n) is 8.19. The van der Waals surface area contributed by atoms with Crippen molar-refractivity contribution in [2.75, 3.05) is 46.0 Å². The molecule has 2 rings (SSSR count). The number of hydrogen-bond acceptors (Lipinski definition) is 5. The van der Waals surface area contributed by atoms with Gasteiger partial charge in [-0.3, -0.25) is 9.59 Å². The SMILES string of the molecule is CCOCCN1CCNC(CC(=O)NCC2CCCO2)C1=O. The highest BCUT2D eigenvalue weighted by Gasteiger charge is 2.30. The summed E-state index contributed by atoms with van der Waals surface area (Å²) >= 11 is 0. The van der Waals surface area contributed by atoms with E-state index in [0.717, 1.165) is 19.4 Å². The monoisotopic (exact) mass is 313 g/mol. The van der Waals surface area contributed by atoms with E-state index in [1.54, 1.807) is 4.90 Å². The molecule has 0 aromatic heterocycles. The largest absolute Gasteiger partial charge is 0.380 e. The molecule has 0 radical (unpaired) electrons. The van der Waals surface area contributed by atoms with Gasteiger partial charge in [-0.05, 0) is 19.8 Å². The lowest BCUT2D eigenvalue weighted by molar-refractivity contribution is -0.139. The fourth-order valence-corrected chi connectivity index (χ4v) is 2.78. The molecule has 2 amide bonds. The summed E-state index contributed by atoms with van der Waals surface area (Å²) in [5.41, 5.74) is 0. The number of ether oxygens (including phenoxy) is 2. The Morgan fingerprint density at radius 2 is 2.41 bits per heavy atom. The molecule has 126 valence electrons. The van der Waals surface area contributed by atoms with Crippen molar-refractivity contribution in [2.45, 2.75) is 38.3 Å². The summed E-state index contributed by atoms with van der Waals surface area (Å²) in [7, 11) is 0. The maximum Gasteiger partial charge on any atom is 0.240 e. The predicted molar refractivity (Wildman–Crippen MR) is 81.5 cm³/mol. The average Bonchev–Trinajstić information content (AvgIpc) is 3.02. The van der Waals surface area contributed by atoms with Crippen LogP contribution < -0.4 is 10.6 Å². The molecule has 0 bridgehead atoms. The van der Waals surface area contributed by atoms with Crippen LogP contribution in [0.15, 0.2) is 0 Å². The lowest BCUT2D eigenvalue weighted by Gasteiger charge is -2.32. The number of amides is 2. The third-order valence-electron chi connectivity index (χ3n) is 4.03. The van der Waals surface area contributed by atoms with Gasteiger partial charge in [0.15, 0.2) is 0 Å². The number of rotatable bonds is 8. The van der Waals surface area contributed by atoms with Crippen molar-refractivity contribution in [2.24, 2.45) is 0 Å². The molecule has 2 saturated heterocycles. The van der Waals surface area contributed by atoms with E-state index >= 15 is 0 Å². The van der Waals surface area contributed by atoms with E-state index in [-0.39, 0.29) is 24.3 Å². The second kappa shape index (κ2) is 9.07. The summed E-state index contributed by atoms with van der Waals surface area (Å²) in [6.07, 6.45) is 2.35. The quantitative estimate of drug-likeness (QED) is 0.591. The normalized spacial score (nSPS) is 25.5. The van der Waals surface area contributed by atoms with Crippen molar-refractivity contribution in [3.8, 4) is 0 Å². The minimum absolute atomic E-state index is 0.0155. The molecule has 0 saturated carbocycles. The molecule has 2 aliphatic heterocycles. The minimum atomic E-state index is -0.431. The van der Waals surface area contributed by atoms with E-state index in [2.05, 4.69) is 10.6 Å². The number of carbonyl (C=O) groups excluding carboxylic acids is 2. The number of nitrogens with zero attached hydrogens (tertiary/aromatic N) is 1. The van der Waals surface area contributed by atoms with Crippen molar-refractivity contribution in [1.82, 2.24) is 15.5 Å². The van der Waals surface area contributed by atoms with Crippen LogP contribution in [0.25, 0.3) is 0 Å². The van der Waals surface area contributed by atoms with Gasteiger partial charge in [-0.15, -0.1) is 0 Å². The second-order valence-corrected chi connectivity index (χ2v) is 5.67. The van der Waals surface area contributed by atoms with E-state index in [1.165, 1.54) is 0 Å². The average molecular weight is 313 g/mol. The molecular formula is C15H27N3O4. The maximum absolute atomic E-state index is 12.3. The highest BCUT2D eigenvalue weighted by atomic mass is 16.5. The summed E-state index contributed by atoms with van der Waals surface area (Å²) in [4.78, 5) is 26.1. The van der Waals surface area contributed by atoms with E-state index < -0.39 is 6.04 Å². The molecule has 0 aromatic rings. The Morgan fingerprint density at radius 1 is 1.55 bits per heavy atom. The van der Waals surface area contributed by atoms with Crippen molar-refractivity contribution < 1.29 is 19.1 Å². The van der Waals surface area contributed by atoms with Crippen LogP contribution >= 0.6 is 0 Å². The molecule has 2 unspecified atom stereocenters. The number of piperazine rings is 1. The molecule has 2 aliphatic rings. The van der Waals surface area contributed by atoms with Crippen LogP contribution in [-0.2, 0) is 19.1 Å². The van der Waals surface area contributed by atoms with Gasteiger partial charge in [0.1, 0.15) is 0 Å². The fraction of sp³-hybridized carbons (Fsp3) is 0.867. The third-order valence-corrected chi connectivity index (χ3v) is 4.03. The summed E-state index contributed by atoms with van der Waals surface area (Å²) in [5.74, 6) is -0.119. The number of hydrogen-bond donors (Lipinski definition) is 2. The van der Waals surface area contributed by atoms with Crippen molar-refractivity contribution in [1.29, 1.82) is 0 Å². The van der Waals surface area contributed by atoms with Gasteiger partial charge in [0, 0.05) is 39.4 Å². The van der Waals surface area contributed by atoms with Crippen LogP contribution in [0.4, 0.5) is 0 Å². The van der Waals surface area contributed by atoms with E-state index in [9.17, 15) is 9.59 Å². The highest BCUT2D eigenvalue weighted by molar-refractivity contribution is 5.88. The lowest BCUT2D eigenvalue weighted by atomic mass is 10.1. The zero-order valence-corrected chi connectivity index (χ0v) is 13.3. The molecule has 2 N–H and O–H groups in total. The molecule has 0 spiro atoms. The summed E-state index contributed by atoms with van der Waals surface area (Å²) in [6, 6.07) is -0.431. The van der Waals surface area contributed by atoms with Gasteiger partial charge in [0.25, 0.3) is 0 Å². The maximum atomic E-state index is 12.3. The first-order chi connectivity index (χ1) is 10.7. The van der Waals surface area contributed by atoms with Gasteiger partial charge in [-0.25, -0.2) is 0 Å². The molecule has 2 atom stereocenters. The van der Waals surface area contributed by atoms with E-state index in [1.807, 2.05) is 6.92 Å². The van der Waals surface area contributed by atoms with Crippen molar-refractivity contribution >= 4 is 11.8 Å². The van der Waals surface area contributed by atoms with Crippen LogP contribution in [0.1, 0.15) is 26.2 Å². The Morgan fingerprint density at radius 3 is 3.14 bits per heavy atom. The van der Waals surface area contributed by atoms with Gasteiger partial charge in [0.05, 0.1) is 25.2 Å². The summed E-state index contributed by atoms with van der Waals surface area (Å²) < 4.78 is 10.8. The molecule has 7 heteroatoms. The van der Waals surface area contributed by atoms with Crippen molar-refractivity contribution in [3.63, 3.8) is 0 Å². The highest BCUT2D eigenvalue weighted by Crippen LogP contribution is 2.11. The van der Waals surface area contributed by atoms with Gasteiger partial charge in [-0.2, -0.15) is 0 Å². The zero-order chi connectivity index (χ0) is 15.8. The van der Waals surface area contributed by atoms with Crippen LogP contribution in [0.5, 0.6) is 0 Å². The second-order valence-electron chi connectivity index (χ2n) is 5.67. The minimum Gasteiger partial charge on any atom is -0.380 e. The number of carbonyl (C=O) groups is 2. The Bertz CT molecular complexity index is 372. The summed E-state index contributed by atoms with van der Waals surface area (Å²) in [6.45, 7) is 6.39. The molecule has 0 aliphatic carbocycles. The molecule has 22 heavy (non-hydrogen) atoms. The molecule has 7 nitrogen and oxygen atoms in total. The van der Waals surface area contributed by atoms with Crippen LogP contribution in [0, 0.1) is 0 Å². The van der Waals surface area contributed by atoms with Gasteiger partial charge < -0.3 is 25.0 Å². The zero-order valence-electron chi connectivity index (χ0n) is 13.3. The van der Waals surface area contributed by atoms with E-state index in [4.69, 9.17) is 9.47 Å². The summed E-state index contributed by atoms with van der Waals surface area (Å²) in [5, 5.41) is 5.98. The Labute approximate surface area is 131 Å². The van der Waals surface area contributed by atoms with Gasteiger partial charge in [0.2, 0.25) is 11.8 Å². The fourth-order valence-electron chi connectivity index (χ4n) is 2.78. The molecule has 2 fully saturated rings. The van der Waals surface area contributed by atoms with Crippen LogP contribution in [0.2, 0.25) is 0 Å². The molecule has 0 aromatic carbocycles. The molecule has 2 heterocycles. The Kier molecular flexibility index (Phi) is 7.08. The Hall–Kier alpha value is -1.18. The smallest absolute Gasteiger partial charge is 0.240 e. The van der Waals surface area contributed by atoms with Gasteiger partial charge >= 0.3 is 0 Å². The lowest BCUT2D eigenvalue weighted by Crippen LogP contribution is -2.57. The van der Waals surface area contributed by atoms with Crippen LogP contribution in [0.3, 0.4) is 0 Å². The predicted octanol–water partition coefficient (Wildman–Crippen LogP) is -0.491. The standard InChI is InChI=1S/C15H27N3O4/c1-2-21-9-7-18-6-5-16-13(15(18)20)10-14(19)17-11-12-4-3-8-22-12/h12-13,16H,2-11H2,1H3,(H,17,19). The van der Waals surface area contributed by atoms with Gasteiger partial charge in [-0.1, -0.05) is 0 Å².